The lowest BCUT2D eigenvalue weighted by atomic mass is 10.1. The number of rotatable bonds is 6. The Hall–Kier alpha value is -3.49. The summed E-state index contributed by atoms with van der Waals surface area (Å²) in [5.41, 5.74) is 10.7. The first-order valence-electron chi connectivity index (χ1n) is 11.2. The number of anilines is 1. The van der Waals surface area contributed by atoms with E-state index in [1.54, 1.807) is 19.5 Å². The van der Waals surface area contributed by atoms with Crippen molar-refractivity contribution in [3.8, 4) is 17.0 Å². The van der Waals surface area contributed by atoms with Gasteiger partial charge in [0.15, 0.2) is 0 Å². The summed E-state index contributed by atoms with van der Waals surface area (Å²) in [5.74, 6) is 1.13. The van der Waals surface area contributed by atoms with E-state index in [4.69, 9.17) is 20.2 Å². The van der Waals surface area contributed by atoms with E-state index < -0.39 is 0 Å². The maximum Gasteiger partial charge on any atom is 0.219 e. The highest BCUT2D eigenvalue weighted by Gasteiger charge is 2.24. The minimum atomic E-state index is -0.0949. The van der Waals surface area contributed by atoms with Crippen molar-refractivity contribution in [3.05, 3.63) is 66.2 Å². The second-order valence-electron chi connectivity index (χ2n) is 8.20. The molecule has 1 saturated heterocycles. The van der Waals surface area contributed by atoms with Crippen molar-refractivity contribution in [2.24, 2.45) is 0 Å². The summed E-state index contributed by atoms with van der Waals surface area (Å²) < 4.78 is 13.9. The number of nitrogen functional groups attached to an aromatic ring is 1. The van der Waals surface area contributed by atoms with E-state index in [1.807, 2.05) is 24.3 Å². The van der Waals surface area contributed by atoms with Crippen LogP contribution < -0.4 is 10.5 Å². The van der Waals surface area contributed by atoms with Crippen LogP contribution in [0.5, 0.6) is 5.75 Å². The zero-order valence-electron chi connectivity index (χ0n) is 18.9. The van der Waals surface area contributed by atoms with E-state index in [-0.39, 0.29) is 12.1 Å². The molecule has 4 heterocycles. The zero-order valence-corrected chi connectivity index (χ0v) is 18.9. The minimum Gasteiger partial charge on any atom is -0.497 e. The fourth-order valence-electron chi connectivity index (χ4n) is 4.39. The van der Waals surface area contributed by atoms with Crippen molar-refractivity contribution in [3.63, 3.8) is 0 Å². The standard InChI is InChI=1S/C25H28N6O2/c1-3-31-15-18(20-11-19(32-2)7-8-23(20)31)14-30-9-10-33-24(16-30)22-6-4-5-21(29-22)17-12-27-25(26)28-13-17/h4-8,11-13,15,24H,3,9-10,14,16H2,1-2H3,(H2,26,27,28)/t24-/m0/s1. The molecule has 3 aromatic heterocycles. The number of nitrogens with two attached hydrogens (primary N) is 1. The molecule has 8 nitrogen and oxygen atoms in total. The van der Waals surface area contributed by atoms with Gasteiger partial charge in [-0.05, 0) is 42.8 Å². The number of morpholine rings is 1. The largest absolute Gasteiger partial charge is 0.497 e. The third kappa shape index (κ3) is 4.40. The van der Waals surface area contributed by atoms with Gasteiger partial charge in [0, 0.05) is 61.2 Å². The highest BCUT2D eigenvalue weighted by molar-refractivity contribution is 5.85. The number of fused-ring (bicyclic) bond motifs is 1. The molecule has 8 heteroatoms. The van der Waals surface area contributed by atoms with Gasteiger partial charge in [-0.25, -0.2) is 15.0 Å². The van der Waals surface area contributed by atoms with Crippen molar-refractivity contribution in [2.45, 2.75) is 26.1 Å². The van der Waals surface area contributed by atoms with E-state index in [1.165, 1.54) is 16.5 Å². The molecule has 1 aliphatic rings. The van der Waals surface area contributed by atoms with E-state index >= 15 is 0 Å². The molecule has 5 rings (SSSR count). The van der Waals surface area contributed by atoms with Gasteiger partial charge in [0.1, 0.15) is 11.9 Å². The van der Waals surface area contributed by atoms with Gasteiger partial charge in [-0.3, -0.25) is 4.90 Å². The van der Waals surface area contributed by atoms with Crippen LogP contribution in [0.4, 0.5) is 5.95 Å². The van der Waals surface area contributed by atoms with Gasteiger partial charge in [0.25, 0.3) is 0 Å². The Labute approximate surface area is 193 Å². The Bertz CT molecular complexity index is 1250. The van der Waals surface area contributed by atoms with E-state index in [0.29, 0.717) is 6.61 Å². The summed E-state index contributed by atoms with van der Waals surface area (Å²) in [6.45, 7) is 6.27. The van der Waals surface area contributed by atoms with E-state index in [2.05, 4.69) is 44.7 Å². The van der Waals surface area contributed by atoms with Crippen LogP contribution in [0.3, 0.4) is 0 Å². The van der Waals surface area contributed by atoms with Crippen molar-refractivity contribution in [1.82, 2.24) is 24.4 Å². The number of aromatic nitrogens is 4. The van der Waals surface area contributed by atoms with Crippen molar-refractivity contribution in [2.75, 3.05) is 32.5 Å². The molecule has 1 aliphatic heterocycles. The molecule has 0 aliphatic carbocycles. The fraction of sp³-hybridized carbons (Fsp3) is 0.320. The van der Waals surface area contributed by atoms with Gasteiger partial charge in [0.05, 0.1) is 25.1 Å². The number of nitrogens with zero attached hydrogens (tertiary/aromatic N) is 5. The number of aryl methyl sites for hydroxylation is 1. The molecule has 0 bridgehead atoms. The molecule has 1 aromatic carbocycles. The molecule has 1 fully saturated rings. The maximum absolute atomic E-state index is 6.11. The van der Waals surface area contributed by atoms with Crippen LogP contribution in [0, 0.1) is 0 Å². The third-order valence-corrected chi connectivity index (χ3v) is 6.12. The third-order valence-electron chi connectivity index (χ3n) is 6.12. The monoisotopic (exact) mass is 444 g/mol. The van der Waals surface area contributed by atoms with Crippen LogP contribution in [-0.4, -0.2) is 51.2 Å². The highest BCUT2D eigenvalue weighted by atomic mass is 16.5. The predicted octanol–water partition coefficient (Wildman–Crippen LogP) is 3.68. The SMILES string of the molecule is CCn1cc(CN2CCO[C@H](c3cccc(-c4cnc(N)nc4)n3)C2)c2cc(OC)ccc21. The smallest absolute Gasteiger partial charge is 0.219 e. The Kier molecular flexibility index (Phi) is 5.93. The average Bonchev–Trinajstić information content (AvgIpc) is 3.21. The first kappa shape index (κ1) is 21.4. The summed E-state index contributed by atoms with van der Waals surface area (Å²) in [7, 11) is 1.71. The molecule has 33 heavy (non-hydrogen) atoms. The minimum absolute atomic E-state index is 0.0949. The number of benzene rings is 1. The molecular formula is C25H28N6O2. The van der Waals surface area contributed by atoms with Crippen LogP contribution in [0.25, 0.3) is 22.2 Å². The van der Waals surface area contributed by atoms with E-state index in [0.717, 1.165) is 48.9 Å². The van der Waals surface area contributed by atoms with Crippen LogP contribution in [0.1, 0.15) is 24.3 Å². The molecule has 4 aromatic rings. The first-order valence-corrected chi connectivity index (χ1v) is 11.2. The van der Waals surface area contributed by atoms with Crippen LogP contribution in [0.2, 0.25) is 0 Å². The summed E-state index contributed by atoms with van der Waals surface area (Å²) in [6, 6.07) is 12.3. The van der Waals surface area contributed by atoms with Crippen molar-refractivity contribution < 1.29 is 9.47 Å². The van der Waals surface area contributed by atoms with Gasteiger partial charge in [0.2, 0.25) is 5.95 Å². The summed E-state index contributed by atoms with van der Waals surface area (Å²) >= 11 is 0. The molecule has 0 radical (unpaired) electrons. The molecular weight excluding hydrogens is 416 g/mol. The maximum atomic E-state index is 6.11. The van der Waals surface area contributed by atoms with E-state index in [9.17, 15) is 0 Å². The normalized spacial score (nSPS) is 16.8. The highest BCUT2D eigenvalue weighted by Crippen LogP contribution is 2.29. The summed E-state index contributed by atoms with van der Waals surface area (Å²) in [6.07, 6.45) is 5.55. The molecule has 0 amide bonds. The van der Waals surface area contributed by atoms with Gasteiger partial charge in [-0.1, -0.05) is 6.07 Å². The van der Waals surface area contributed by atoms with Crippen molar-refractivity contribution >= 4 is 16.9 Å². The van der Waals surface area contributed by atoms with Crippen LogP contribution >= 0.6 is 0 Å². The van der Waals surface area contributed by atoms with Gasteiger partial charge < -0.3 is 19.8 Å². The lowest BCUT2D eigenvalue weighted by Gasteiger charge is -2.32. The molecule has 170 valence electrons. The van der Waals surface area contributed by atoms with Gasteiger partial charge >= 0.3 is 0 Å². The topological polar surface area (TPSA) is 91.3 Å². The Morgan fingerprint density at radius 2 is 2.03 bits per heavy atom. The molecule has 2 N–H and O–H groups in total. The lowest BCUT2D eigenvalue weighted by Crippen LogP contribution is -2.38. The van der Waals surface area contributed by atoms with Crippen molar-refractivity contribution in [1.29, 1.82) is 0 Å². The number of hydrogen-bond acceptors (Lipinski definition) is 7. The number of pyridine rings is 1. The fourth-order valence-corrected chi connectivity index (χ4v) is 4.39. The Morgan fingerprint density at radius 3 is 2.82 bits per heavy atom. The second-order valence-corrected chi connectivity index (χ2v) is 8.20. The Morgan fingerprint density at radius 1 is 1.18 bits per heavy atom. The Balaban J connectivity index is 1.37. The van der Waals surface area contributed by atoms with Gasteiger partial charge in [-0.15, -0.1) is 0 Å². The molecule has 0 spiro atoms. The van der Waals surface area contributed by atoms with Crippen LogP contribution in [0.15, 0.2) is 55.0 Å². The second kappa shape index (κ2) is 9.17. The molecule has 0 unspecified atom stereocenters. The molecule has 1 atom stereocenters. The number of hydrogen-bond donors (Lipinski definition) is 1. The van der Waals surface area contributed by atoms with Gasteiger partial charge in [-0.2, -0.15) is 0 Å². The number of methoxy groups -OCH3 is 1. The summed E-state index contributed by atoms with van der Waals surface area (Å²) in [4.78, 5) is 15.4. The first-order chi connectivity index (χ1) is 16.1. The average molecular weight is 445 g/mol. The predicted molar refractivity (Wildman–Crippen MR) is 128 cm³/mol. The lowest BCUT2D eigenvalue weighted by molar-refractivity contribution is -0.0348. The van der Waals surface area contributed by atoms with Crippen LogP contribution in [-0.2, 0) is 17.8 Å². The number of ether oxygens (including phenoxy) is 2. The zero-order chi connectivity index (χ0) is 22.8. The quantitative estimate of drug-likeness (QED) is 0.485. The summed E-state index contributed by atoms with van der Waals surface area (Å²) in [5, 5.41) is 1.24. The molecule has 0 saturated carbocycles.